The quantitative estimate of drug-likeness (QED) is 0.678. The van der Waals surface area contributed by atoms with E-state index in [-0.39, 0.29) is 23.5 Å². The first-order chi connectivity index (χ1) is 13.4. The smallest absolute Gasteiger partial charge is 0.258 e. The van der Waals surface area contributed by atoms with E-state index >= 15 is 0 Å². The number of rotatable bonds is 7. The summed E-state index contributed by atoms with van der Waals surface area (Å²) in [6, 6.07) is 14.0. The number of halogens is 1. The highest BCUT2D eigenvalue weighted by molar-refractivity contribution is 7.91. The van der Waals surface area contributed by atoms with Crippen molar-refractivity contribution in [2.24, 2.45) is 0 Å². The van der Waals surface area contributed by atoms with Crippen molar-refractivity contribution in [1.82, 2.24) is 4.90 Å². The summed E-state index contributed by atoms with van der Waals surface area (Å²) >= 11 is 5.96. The summed E-state index contributed by atoms with van der Waals surface area (Å²) < 4.78 is 29.8. The second-order valence-electron chi connectivity index (χ2n) is 6.96. The van der Waals surface area contributed by atoms with E-state index in [0.717, 1.165) is 12.0 Å². The van der Waals surface area contributed by atoms with Gasteiger partial charge in [0.1, 0.15) is 5.75 Å². The first-order valence-corrected chi connectivity index (χ1v) is 11.6. The van der Waals surface area contributed by atoms with Crippen molar-refractivity contribution in [2.45, 2.75) is 32.4 Å². The fraction of sp³-hybridized carbons (Fsp3) is 0.381. The molecule has 7 heteroatoms. The number of amides is 1. The molecule has 5 nitrogen and oxygen atoms in total. The van der Waals surface area contributed by atoms with Crippen LogP contribution in [0.25, 0.3) is 0 Å². The Hall–Kier alpha value is -2.05. The molecule has 0 radical (unpaired) electrons. The second kappa shape index (κ2) is 8.97. The molecule has 0 N–H and O–H groups in total. The maximum atomic E-state index is 13.4. The van der Waals surface area contributed by atoms with Gasteiger partial charge in [0.25, 0.3) is 5.91 Å². The predicted molar refractivity (Wildman–Crippen MR) is 111 cm³/mol. The Balaban J connectivity index is 1.92. The number of hydrogen-bond acceptors (Lipinski definition) is 4. The first kappa shape index (κ1) is 20.7. The summed E-state index contributed by atoms with van der Waals surface area (Å²) in [6.07, 6.45) is 1.28. The maximum Gasteiger partial charge on any atom is 0.258 e. The van der Waals surface area contributed by atoms with Gasteiger partial charge < -0.3 is 9.64 Å². The minimum atomic E-state index is -3.13. The summed E-state index contributed by atoms with van der Waals surface area (Å²) in [5, 5.41) is 0.614. The molecule has 1 atom stereocenters. The largest absolute Gasteiger partial charge is 0.493 e. The average Bonchev–Trinajstić information content (AvgIpc) is 3.05. The topological polar surface area (TPSA) is 63.7 Å². The number of carbonyl (C=O) groups excluding carboxylic acids is 1. The van der Waals surface area contributed by atoms with E-state index in [9.17, 15) is 13.2 Å². The summed E-state index contributed by atoms with van der Waals surface area (Å²) in [5.74, 6) is 0.403. The Morgan fingerprint density at radius 3 is 2.54 bits per heavy atom. The number of carbonyl (C=O) groups is 1. The molecule has 1 fully saturated rings. The minimum absolute atomic E-state index is 0.00961. The van der Waals surface area contributed by atoms with Crippen LogP contribution < -0.4 is 4.74 Å². The Kier molecular flexibility index (Phi) is 6.62. The molecule has 1 saturated heterocycles. The third-order valence-corrected chi connectivity index (χ3v) is 6.76. The molecule has 150 valence electrons. The molecule has 0 unspecified atom stereocenters. The zero-order valence-electron chi connectivity index (χ0n) is 15.8. The van der Waals surface area contributed by atoms with E-state index in [2.05, 4.69) is 0 Å². The number of benzene rings is 2. The van der Waals surface area contributed by atoms with Gasteiger partial charge >= 0.3 is 0 Å². The van der Waals surface area contributed by atoms with Crippen LogP contribution in [0, 0.1) is 0 Å². The van der Waals surface area contributed by atoms with Gasteiger partial charge in [-0.15, -0.1) is 0 Å². The first-order valence-electron chi connectivity index (χ1n) is 9.37. The van der Waals surface area contributed by atoms with Gasteiger partial charge in [-0.25, -0.2) is 8.42 Å². The van der Waals surface area contributed by atoms with Crippen molar-refractivity contribution in [2.75, 3.05) is 18.1 Å². The molecule has 1 aliphatic heterocycles. The van der Waals surface area contributed by atoms with Crippen LogP contribution in [0.3, 0.4) is 0 Å². The van der Waals surface area contributed by atoms with Gasteiger partial charge in [0.15, 0.2) is 9.84 Å². The Morgan fingerprint density at radius 1 is 1.18 bits per heavy atom. The van der Waals surface area contributed by atoms with Crippen LogP contribution in [-0.4, -0.2) is 43.4 Å². The zero-order valence-corrected chi connectivity index (χ0v) is 17.4. The lowest BCUT2D eigenvalue weighted by atomic mass is 10.1. The van der Waals surface area contributed by atoms with Crippen LogP contribution in [0.2, 0.25) is 5.02 Å². The highest BCUT2D eigenvalue weighted by Crippen LogP contribution is 2.26. The Bertz CT molecular complexity index is 928. The summed E-state index contributed by atoms with van der Waals surface area (Å²) in [5.41, 5.74) is 1.35. The molecule has 1 heterocycles. The number of nitrogens with zero attached hydrogens (tertiary/aromatic N) is 1. The Morgan fingerprint density at radius 2 is 1.89 bits per heavy atom. The van der Waals surface area contributed by atoms with E-state index < -0.39 is 9.84 Å². The van der Waals surface area contributed by atoms with Crippen LogP contribution in [0.5, 0.6) is 5.75 Å². The lowest BCUT2D eigenvalue weighted by Gasteiger charge is -2.29. The molecule has 0 aromatic heterocycles. The van der Waals surface area contributed by atoms with Gasteiger partial charge in [0, 0.05) is 17.6 Å². The molecule has 1 aliphatic rings. The number of sulfone groups is 1. The van der Waals surface area contributed by atoms with Crippen LogP contribution >= 0.6 is 11.6 Å². The number of hydrogen-bond donors (Lipinski definition) is 0. The molecule has 3 rings (SSSR count). The fourth-order valence-corrected chi connectivity index (χ4v) is 5.17. The van der Waals surface area contributed by atoms with Gasteiger partial charge in [0.05, 0.1) is 23.7 Å². The van der Waals surface area contributed by atoms with Gasteiger partial charge in [-0.2, -0.15) is 0 Å². The highest BCUT2D eigenvalue weighted by Gasteiger charge is 2.35. The van der Waals surface area contributed by atoms with Crippen molar-refractivity contribution in [3.8, 4) is 5.75 Å². The monoisotopic (exact) mass is 421 g/mol. The lowest BCUT2D eigenvalue weighted by Crippen LogP contribution is -2.40. The van der Waals surface area contributed by atoms with Crippen LogP contribution in [0.15, 0.2) is 48.5 Å². The van der Waals surface area contributed by atoms with Crippen molar-refractivity contribution < 1.29 is 17.9 Å². The highest BCUT2D eigenvalue weighted by atomic mass is 35.5. The molecule has 2 aromatic carbocycles. The van der Waals surface area contributed by atoms with Crippen molar-refractivity contribution in [3.63, 3.8) is 0 Å². The normalized spacial score (nSPS) is 18.0. The van der Waals surface area contributed by atoms with E-state index in [1.165, 1.54) is 0 Å². The molecule has 0 saturated carbocycles. The van der Waals surface area contributed by atoms with Crippen LogP contribution in [0.4, 0.5) is 0 Å². The van der Waals surface area contributed by atoms with E-state index in [4.69, 9.17) is 16.3 Å². The maximum absolute atomic E-state index is 13.4. The standard InChI is InChI=1S/C21H24ClNO4S/c1-2-12-27-20-6-4-3-5-19(20)21(24)23(18-11-13-28(25,26)15-18)14-16-7-9-17(22)10-8-16/h3-10,18H,2,11-15H2,1H3/t18-/m0/s1. The summed E-state index contributed by atoms with van der Waals surface area (Å²) in [4.78, 5) is 15.1. The van der Waals surface area contributed by atoms with E-state index in [0.29, 0.717) is 35.9 Å². The van der Waals surface area contributed by atoms with Crippen LogP contribution in [-0.2, 0) is 16.4 Å². The Labute approximate surface area is 171 Å². The average molecular weight is 422 g/mol. The van der Waals surface area contributed by atoms with Crippen molar-refractivity contribution in [1.29, 1.82) is 0 Å². The van der Waals surface area contributed by atoms with Crippen LogP contribution in [0.1, 0.15) is 35.7 Å². The molecule has 0 aliphatic carbocycles. The third-order valence-electron chi connectivity index (χ3n) is 4.76. The number of para-hydroxylation sites is 1. The second-order valence-corrected chi connectivity index (χ2v) is 9.63. The van der Waals surface area contributed by atoms with Gasteiger partial charge in [-0.1, -0.05) is 42.8 Å². The predicted octanol–water partition coefficient (Wildman–Crippen LogP) is 3.96. The van der Waals surface area contributed by atoms with Gasteiger partial charge in [-0.05, 0) is 42.7 Å². The van der Waals surface area contributed by atoms with Crippen molar-refractivity contribution >= 4 is 27.3 Å². The van der Waals surface area contributed by atoms with Gasteiger partial charge in [0.2, 0.25) is 0 Å². The van der Waals surface area contributed by atoms with Crippen molar-refractivity contribution in [3.05, 3.63) is 64.7 Å². The summed E-state index contributed by atoms with van der Waals surface area (Å²) in [7, 11) is -3.13. The molecule has 1 amide bonds. The molecule has 28 heavy (non-hydrogen) atoms. The number of ether oxygens (including phenoxy) is 1. The molecule has 2 aromatic rings. The molecular formula is C21H24ClNO4S. The molecule has 0 bridgehead atoms. The van der Waals surface area contributed by atoms with E-state index in [1.54, 1.807) is 35.2 Å². The third kappa shape index (κ3) is 5.06. The summed E-state index contributed by atoms with van der Waals surface area (Å²) in [6.45, 7) is 2.83. The SMILES string of the molecule is CCCOc1ccccc1C(=O)N(Cc1ccc(Cl)cc1)[C@H]1CCS(=O)(=O)C1. The molecular weight excluding hydrogens is 398 g/mol. The van der Waals surface area contributed by atoms with Gasteiger partial charge in [-0.3, -0.25) is 4.79 Å². The molecule has 0 spiro atoms. The fourth-order valence-electron chi connectivity index (χ4n) is 3.31. The lowest BCUT2D eigenvalue weighted by molar-refractivity contribution is 0.0676. The van der Waals surface area contributed by atoms with E-state index in [1.807, 2.05) is 25.1 Å². The minimum Gasteiger partial charge on any atom is -0.493 e. The zero-order chi connectivity index (χ0) is 20.1.